The maximum absolute atomic E-state index is 11.5. The molecular weight excluding hydrogens is 220 g/mol. The first-order chi connectivity index (χ1) is 8.24. The molecular formula is C12H12N2O3. The molecule has 0 spiro atoms. The molecule has 0 radical (unpaired) electrons. The minimum absolute atomic E-state index is 0.336. The monoisotopic (exact) mass is 232 g/mol. The number of hydrogen-bond donors (Lipinski definition) is 0. The second kappa shape index (κ2) is 4.78. The molecule has 2 rings (SSSR count). The number of nitrogens with zero attached hydrogens (tertiary/aromatic N) is 2. The Morgan fingerprint density at radius 3 is 2.88 bits per heavy atom. The third-order valence-electron chi connectivity index (χ3n) is 2.23. The Balaban J connectivity index is 2.44. The predicted molar refractivity (Wildman–Crippen MR) is 62.0 cm³/mol. The van der Waals surface area contributed by atoms with Gasteiger partial charge in [0.15, 0.2) is 0 Å². The quantitative estimate of drug-likeness (QED) is 0.755. The van der Waals surface area contributed by atoms with Crippen LogP contribution in [0.5, 0.6) is 5.88 Å². The van der Waals surface area contributed by atoms with Crippen LogP contribution in [0.25, 0.3) is 11.0 Å². The molecule has 0 aliphatic rings. The van der Waals surface area contributed by atoms with Crippen molar-refractivity contribution < 1.29 is 14.3 Å². The van der Waals surface area contributed by atoms with E-state index in [2.05, 4.69) is 9.97 Å². The average molecular weight is 232 g/mol. The van der Waals surface area contributed by atoms with E-state index in [0.29, 0.717) is 29.1 Å². The molecule has 0 amide bonds. The van der Waals surface area contributed by atoms with E-state index in [0.717, 1.165) is 0 Å². The predicted octanol–water partition coefficient (Wildman–Crippen LogP) is 1.82. The summed E-state index contributed by atoms with van der Waals surface area (Å²) in [7, 11) is 1.54. The number of rotatable bonds is 3. The van der Waals surface area contributed by atoms with Gasteiger partial charge in [-0.15, -0.1) is 0 Å². The fourth-order valence-electron chi connectivity index (χ4n) is 1.43. The van der Waals surface area contributed by atoms with Gasteiger partial charge in [-0.05, 0) is 19.1 Å². The molecule has 0 N–H and O–H groups in total. The van der Waals surface area contributed by atoms with Gasteiger partial charge in [-0.3, -0.25) is 4.98 Å². The third-order valence-corrected chi connectivity index (χ3v) is 2.23. The van der Waals surface area contributed by atoms with Gasteiger partial charge in [-0.2, -0.15) is 0 Å². The van der Waals surface area contributed by atoms with E-state index in [1.807, 2.05) is 0 Å². The van der Waals surface area contributed by atoms with Gasteiger partial charge < -0.3 is 9.47 Å². The number of carbonyl (C=O) groups excluding carboxylic acids is 1. The molecule has 88 valence electrons. The van der Waals surface area contributed by atoms with Crippen LogP contribution in [0.3, 0.4) is 0 Å². The van der Waals surface area contributed by atoms with E-state index >= 15 is 0 Å². The lowest BCUT2D eigenvalue weighted by Crippen LogP contribution is -2.05. The lowest BCUT2D eigenvalue weighted by atomic mass is 10.2. The molecule has 0 unspecified atom stereocenters. The van der Waals surface area contributed by atoms with Gasteiger partial charge >= 0.3 is 5.97 Å². The highest BCUT2D eigenvalue weighted by Crippen LogP contribution is 2.16. The Bertz CT molecular complexity index is 554. The molecule has 0 fully saturated rings. The van der Waals surface area contributed by atoms with Gasteiger partial charge in [0.2, 0.25) is 5.88 Å². The fraction of sp³-hybridized carbons (Fsp3) is 0.250. The topological polar surface area (TPSA) is 61.3 Å². The average Bonchev–Trinajstić information content (AvgIpc) is 2.37. The van der Waals surface area contributed by atoms with Crippen molar-refractivity contribution in [1.82, 2.24) is 9.97 Å². The van der Waals surface area contributed by atoms with Crippen molar-refractivity contribution in [2.75, 3.05) is 13.7 Å². The highest BCUT2D eigenvalue weighted by Gasteiger charge is 2.09. The van der Waals surface area contributed by atoms with Crippen molar-refractivity contribution in [1.29, 1.82) is 0 Å². The maximum Gasteiger partial charge on any atom is 0.339 e. The zero-order valence-electron chi connectivity index (χ0n) is 9.64. The Morgan fingerprint density at radius 2 is 2.18 bits per heavy atom. The van der Waals surface area contributed by atoms with Crippen molar-refractivity contribution in [2.45, 2.75) is 6.92 Å². The van der Waals surface area contributed by atoms with E-state index in [4.69, 9.17) is 9.47 Å². The highest BCUT2D eigenvalue weighted by molar-refractivity contribution is 5.92. The summed E-state index contributed by atoms with van der Waals surface area (Å²) in [6, 6.07) is 5.15. The van der Waals surface area contributed by atoms with Crippen LogP contribution in [-0.4, -0.2) is 29.7 Å². The third kappa shape index (κ3) is 2.33. The number of fused-ring (bicyclic) bond motifs is 1. The zero-order chi connectivity index (χ0) is 12.3. The van der Waals surface area contributed by atoms with Gasteiger partial charge in [0, 0.05) is 12.3 Å². The summed E-state index contributed by atoms with van der Waals surface area (Å²) < 4.78 is 9.91. The molecule has 0 aliphatic carbocycles. The molecule has 0 aromatic carbocycles. The van der Waals surface area contributed by atoms with Crippen LogP contribution >= 0.6 is 0 Å². The molecule has 0 saturated carbocycles. The molecule has 0 saturated heterocycles. The van der Waals surface area contributed by atoms with Gasteiger partial charge in [0.25, 0.3) is 0 Å². The molecule has 5 heteroatoms. The van der Waals surface area contributed by atoms with E-state index in [-0.39, 0.29) is 0 Å². The summed E-state index contributed by atoms with van der Waals surface area (Å²) in [4.78, 5) is 19.9. The summed E-state index contributed by atoms with van der Waals surface area (Å²) in [6.07, 6.45) is 1.48. The number of aromatic nitrogens is 2. The SMILES string of the molecule is CCOC(=O)c1cnc2ccc(OC)nc2c1. The lowest BCUT2D eigenvalue weighted by Gasteiger charge is -2.04. The van der Waals surface area contributed by atoms with Crippen LogP contribution in [0, 0.1) is 0 Å². The van der Waals surface area contributed by atoms with Gasteiger partial charge in [-0.25, -0.2) is 9.78 Å². The molecule has 17 heavy (non-hydrogen) atoms. The number of hydrogen-bond acceptors (Lipinski definition) is 5. The van der Waals surface area contributed by atoms with Gasteiger partial charge in [0.1, 0.15) is 0 Å². The van der Waals surface area contributed by atoms with Crippen LogP contribution in [0.4, 0.5) is 0 Å². The Kier molecular flexibility index (Phi) is 3.18. The van der Waals surface area contributed by atoms with Crippen molar-refractivity contribution in [3.05, 3.63) is 30.0 Å². The van der Waals surface area contributed by atoms with Crippen molar-refractivity contribution in [3.63, 3.8) is 0 Å². The van der Waals surface area contributed by atoms with Crippen LogP contribution in [-0.2, 0) is 4.74 Å². The second-order valence-corrected chi connectivity index (χ2v) is 3.34. The smallest absolute Gasteiger partial charge is 0.339 e. The zero-order valence-corrected chi connectivity index (χ0v) is 9.64. The minimum Gasteiger partial charge on any atom is -0.481 e. The highest BCUT2D eigenvalue weighted by atomic mass is 16.5. The normalized spacial score (nSPS) is 10.2. The Morgan fingerprint density at radius 1 is 1.35 bits per heavy atom. The summed E-state index contributed by atoms with van der Waals surface area (Å²) in [5, 5.41) is 0. The van der Waals surface area contributed by atoms with E-state index in [1.54, 1.807) is 25.1 Å². The van der Waals surface area contributed by atoms with Crippen molar-refractivity contribution in [3.8, 4) is 5.88 Å². The molecule has 0 atom stereocenters. The fourth-order valence-corrected chi connectivity index (χ4v) is 1.43. The minimum atomic E-state index is -0.397. The van der Waals surface area contributed by atoms with Crippen molar-refractivity contribution in [2.24, 2.45) is 0 Å². The summed E-state index contributed by atoms with van der Waals surface area (Å²) in [6.45, 7) is 2.09. The number of pyridine rings is 2. The Labute approximate surface area is 98.4 Å². The molecule has 2 heterocycles. The van der Waals surface area contributed by atoms with Gasteiger partial charge in [0.05, 0.1) is 30.3 Å². The first kappa shape index (κ1) is 11.3. The van der Waals surface area contributed by atoms with Crippen LogP contribution in [0.1, 0.15) is 17.3 Å². The lowest BCUT2D eigenvalue weighted by molar-refractivity contribution is 0.0526. The molecule has 2 aromatic heterocycles. The second-order valence-electron chi connectivity index (χ2n) is 3.34. The number of methoxy groups -OCH3 is 1. The summed E-state index contributed by atoms with van der Waals surface area (Å²) in [5.41, 5.74) is 1.70. The Hall–Kier alpha value is -2.17. The largest absolute Gasteiger partial charge is 0.481 e. The number of ether oxygens (including phenoxy) is 2. The van der Waals surface area contributed by atoms with E-state index < -0.39 is 5.97 Å². The summed E-state index contributed by atoms with van der Waals surface area (Å²) >= 11 is 0. The van der Waals surface area contributed by atoms with Crippen LogP contribution < -0.4 is 4.74 Å². The molecule has 0 bridgehead atoms. The van der Waals surface area contributed by atoms with E-state index in [1.165, 1.54) is 13.3 Å². The molecule has 5 nitrogen and oxygen atoms in total. The number of esters is 1. The van der Waals surface area contributed by atoms with E-state index in [9.17, 15) is 4.79 Å². The first-order valence-corrected chi connectivity index (χ1v) is 5.22. The maximum atomic E-state index is 11.5. The molecule has 0 aliphatic heterocycles. The first-order valence-electron chi connectivity index (χ1n) is 5.22. The van der Waals surface area contributed by atoms with Crippen molar-refractivity contribution >= 4 is 17.0 Å². The van der Waals surface area contributed by atoms with Crippen LogP contribution in [0.2, 0.25) is 0 Å². The van der Waals surface area contributed by atoms with Crippen LogP contribution in [0.15, 0.2) is 24.4 Å². The molecule has 2 aromatic rings. The number of carbonyl (C=O) groups is 1. The summed E-state index contributed by atoms with van der Waals surface area (Å²) in [5.74, 6) is 0.0897. The van der Waals surface area contributed by atoms with Gasteiger partial charge in [-0.1, -0.05) is 0 Å². The standard InChI is InChI=1S/C12H12N2O3/c1-3-17-12(15)8-6-10-9(13-7-8)4-5-11(14-10)16-2/h4-7H,3H2,1-2H3.